The molecule has 260 valence electrons. The Bertz CT molecular complexity index is 874. The second-order valence-electron chi connectivity index (χ2n) is 14.1. The highest BCUT2D eigenvalue weighted by Crippen LogP contribution is 2.31. The third-order valence-electron chi connectivity index (χ3n) is 9.89. The van der Waals surface area contributed by atoms with Crippen LogP contribution < -0.4 is 0 Å². The Morgan fingerprint density at radius 1 is 0.867 bits per heavy atom. The van der Waals surface area contributed by atoms with Gasteiger partial charge < -0.3 is 29.5 Å². The summed E-state index contributed by atoms with van der Waals surface area (Å²) in [5.74, 6) is -0.0775. The molecule has 3 aliphatic heterocycles. The molecule has 0 radical (unpaired) electrons. The maximum Gasteiger partial charge on any atom is 0.334 e. The van der Waals surface area contributed by atoms with Gasteiger partial charge in [-0.15, -0.1) is 0 Å². The van der Waals surface area contributed by atoms with Crippen LogP contribution in [0.2, 0.25) is 0 Å². The Morgan fingerprint density at radius 3 is 2.24 bits per heavy atom. The molecule has 0 amide bonds. The van der Waals surface area contributed by atoms with E-state index in [1.54, 1.807) is 6.08 Å². The fourth-order valence-corrected chi connectivity index (χ4v) is 7.19. The molecule has 8 atom stereocenters. The first kappa shape index (κ1) is 38.1. The number of Topliss-reactive ketones (excluding diaryl/α,β-unsaturated/α-hetero) is 1. The minimum atomic E-state index is -0.588. The van der Waals surface area contributed by atoms with E-state index >= 15 is 0 Å². The number of hydrogen-bond acceptors (Lipinski definition) is 8. The van der Waals surface area contributed by atoms with Crippen molar-refractivity contribution in [1.82, 2.24) is 0 Å². The van der Waals surface area contributed by atoms with Crippen LogP contribution in [0.4, 0.5) is 0 Å². The molecule has 3 heterocycles. The molecular formula is C37H64O8. The van der Waals surface area contributed by atoms with E-state index in [2.05, 4.69) is 6.92 Å². The van der Waals surface area contributed by atoms with Crippen LogP contribution in [0.5, 0.6) is 0 Å². The molecule has 0 bridgehead atoms. The first-order chi connectivity index (χ1) is 21.7. The van der Waals surface area contributed by atoms with Gasteiger partial charge in [-0.1, -0.05) is 84.0 Å². The van der Waals surface area contributed by atoms with Gasteiger partial charge in [0.15, 0.2) is 0 Å². The zero-order valence-corrected chi connectivity index (χ0v) is 28.3. The summed E-state index contributed by atoms with van der Waals surface area (Å²) in [6.07, 6.45) is 21.0. The van der Waals surface area contributed by atoms with Crippen molar-refractivity contribution in [3.63, 3.8) is 0 Å². The van der Waals surface area contributed by atoms with Gasteiger partial charge in [-0.25, -0.2) is 4.79 Å². The lowest BCUT2D eigenvalue weighted by atomic mass is 9.99. The van der Waals surface area contributed by atoms with Gasteiger partial charge in [0.05, 0.1) is 42.7 Å². The quantitative estimate of drug-likeness (QED) is 0.0721. The fourth-order valence-electron chi connectivity index (χ4n) is 7.19. The number of cyclic esters (lactones) is 1. The zero-order chi connectivity index (χ0) is 32.4. The summed E-state index contributed by atoms with van der Waals surface area (Å²) in [5, 5.41) is 31.6. The van der Waals surface area contributed by atoms with Gasteiger partial charge in [-0.2, -0.15) is 0 Å². The molecule has 0 unspecified atom stereocenters. The number of esters is 1. The Morgan fingerprint density at radius 2 is 1.56 bits per heavy atom. The first-order valence-electron chi connectivity index (χ1n) is 18.5. The Hall–Kier alpha value is -1.32. The molecule has 2 fully saturated rings. The number of carbonyl (C=O) groups is 2. The number of ketones is 1. The minimum Gasteiger partial charge on any atom is -0.455 e. The van der Waals surface area contributed by atoms with Crippen LogP contribution in [-0.4, -0.2) is 75.9 Å². The number of ether oxygens (including phenoxy) is 3. The molecule has 0 spiro atoms. The molecule has 45 heavy (non-hydrogen) atoms. The van der Waals surface area contributed by atoms with Gasteiger partial charge >= 0.3 is 5.97 Å². The van der Waals surface area contributed by atoms with Crippen molar-refractivity contribution in [1.29, 1.82) is 0 Å². The number of carbonyl (C=O) groups excluding carboxylic acids is 2. The molecule has 0 aromatic carbocycles. The Labute approximate surface area is 272 Å². The summed E-state index contributed by atoms with van der Waals surface area (Å²) >= 11 is 0. The molecule has 8 heteroatoms. The molecular weight excluding hydrogens is 572 g/mol. The van der Waals surface area contributed by atoms with Crippen molar-refractivity contribution < 1.29 is 39.1 Å². The second-order valence-corrected chi connectivity index (χ2v) is 14.1. The van der Waals surface area contributed by atoms with E-state index in [0.717, 1.165) is 51.4 Å². The summed E-state index contributed by atoms with van der Waals surface area (Å²) < 4.78 is 17.3. The van der Waals surface area contributed by atoms with E-state index < -0.39 is 18.3 Å². The summed E-state index contributed by atoms with van der Waals surface area (Å²) in [6, 6.07) is 0. The molecule has 0 aliphatic carbocycles. The van der Waals surface area contributed by atoms with Crippen molar-refractivity contribution in [2.75, 3.05) is 0 Å². The van der Waals surface area contributed by atoms with E-state index in [4.69, 9.17) is 14.2 Å². The Balaban J connectivity index is 1.18. The molecule has 8 nitrogen and oxygen atoms in total. The lowest BCUT2D eigenvalue weighted by Crippen LogP contribution is -2.29. The average molecular weight is 637 g/mol. The number of unbranched alkanes of at least 4 members (excludes halogenated alkanes) is 11. The maximum absolute atomic E-state index is 12.5. The molecule has 3 aliphatic rings. The summed E-state index contributed by atoms with van der Waals surface area (Å²) in [6.45, 7) is 4.07. The van der Waals surface area contributed by atoms with Crippen molar-refractivity contribution in [3.05, 3.63) is 11.6 Å². The third kappa shape index (κ3) is 15.0. The van der Waals surface area contributed by atoms with E-state index in [0.29, 0.717) is 50.5 Å². The fraction of sp³-hybridized carbons (Fsp3) is 0.892. The van der Waals surface area contributed by atoms with Crippen LogP contribution >= 0.6 is 0 Å². The third-order valence-corrected chi connectivity index (χ3v) is 9.89. The smallest absolute Gasteiger partial charge is 0.334 e. The van der Waals surface area contributed by atoms with Crippen molar-refractivity contribution in [2.24, 2.45) is 0 Å². The summed E-state index contributed by atoms with van der Waals surface area (Å²) in [5.41, 5.74) is 0.581. The molecule has 0 aromatic rings. The van der Waals surface area contributed by atoms with Crippen LogP contribution in [0.25, 0.3) is 0 Å². The van der Waals surface area contributed by atoms with Gasteiger partial charge in [-0.3, -0.25) is 4.79 Å². The van der Waals surface area contributed by atoms with E-state index in [1.807, 2.05) is 6.92 Å². The van der Waals surface area contributed by atoms with Crippen molar-refractivity contribution in [2.45, 2.75) is 210 Å². The monoisotopic (exact) mass is 636 g/mol. The van der Waals surface area contributed by atoms with Crippen molar-refractivity contribution >= 4 is 11.8 Å². The van der Waals surface area contributed by atoms with Crippen LogP contribution in [0.15, 0.2) is 11.6 Å². The molecule has 0 saturated carbocycles. The Kier molecular flexibility index (Phi) is 18.2. The number of aliphatic hydroxyl groups excluding tert-OH is 3. The predicted molar refractivity (Wildman–Crippen MR) is 176 cm³/mol. The average Bonchev–Trinajstić information content (AvgIpc) is 3.70. The van der Waals surface area contributed by atoms with Gasteiger partial charge in [-0.05, 0) is 57.9 Å². The number of hydrogen-bond donors (Lipinski definition) is 3. The van der Waals surface area contributed by atoms with Crippen LogP contribution in [0, 0.1) is 0 Å². The SMILES string of the molecule is CCCCCCCCCCCCC(=O)C[C@H]1C[C@@H](O)[C@H](CC[C@H](O)[C@H]2CC[C@@H](CCCCC[C@H](O)CC3=C[C@@H](C)OC3=O)O2)O1. The van der Waals surface area contributed by atoms with E-state index in [1.165, 1.54) is 51.4 Å². The summed E-state index contributed by atoms with van der Waals surface area (Å²) in [4.78, 5) is 24.2. The van der Waals surface area contributed by atoms with Crippen LogP contribution in [-0.2, 0) is 23.8 Å². The van der Waals surface area contributed by atoms with Gasteiger partial charge in [0.1, 0.15) is 11.9 Å². The normalized spacial score (nSPS) is 27.9. The topological polar surface area (TPSA) is 123 Å². The first-order valence-corrected chi connectivity index (χ1v) is 18.5. The summed E-state index contributed by atoms with van der Waals surface area (Å²) in [7, 11) is 0. The molecule has 2 saturated heterocycles. The van der Waals surface area contributed by atoms with Gasteiger partial charge in [0.2, 0.25) is 0 Å². The zero-order valence-electron chi connectivity index (χ0n) is 28.3. The second kappa shape index (κ2) is 21.5. The van der Waals surface area contributed by atoms with Gasteiger partial charge in [0.25, 0.3) is 0 Å². The number of aliphatic hydroxyl groups is 3. The lowest BCUT2D eigenvalue weighted by Gasteiger charge is -2.22. The highest BCUT2D eigenvalue weighted by Gasteiger charge is 2.36. The molecule has 3 N–H and O–H groups in total. The standard InChI is InChI=1S/C37H64O8/c1-3-4-5-6-7-8-9-10-11-13-17-30(39)25-32-26-34(41)36(45-32)22-20-33(40)35-21-19-31(44-35)18-15-12-14-16-29(38)24-28-23-27(2)43-37(28)42/h23,27,29,31-36,38,40-41H,3-22,24-26H2,1-2H3/t27-,29+,31-,32+,33+,34-,35-,36+/m1/s1. The maximum atomic E-state index is 12.5. The predicted octanol–water partition coefficient (Wildman–Crippen LogP) is 7.04. The molecule has 0 aromatic heterocycles. The van der Waals surface area contributed by atoms with E-state index in [-0.39, 0.29) is 42.3 Å². The van der Waals surface area contributed by atoms with Gasteiger partial charge in [0, 0.05) is 31.3 Å². The molecule has 3 rings (SSSR count). The van der Waals surface area contributed by atoms with E-state index in [9.17, 15) is 24.9 Å². The highest BCUT2D eigenvalue weighted by atomic mass is 16.5. The highest BCUT2D eigenvalue weighted by molar-refractivity contribution is 5.90. The lowest BCUT2D eigenvalue weighted by molar-refractivity contribution is -0.139. The van der Waals surface area contributed by atoms with Crippen LogP contribution in [0.1, 0.15) is 162 Å². The minimum absolute atomic E-state index is 0.147. The largest absolute Gasteiger partial charge is 0.455 e. The van der Waals surface area contributed by atoms with Crippen molar-refractivity contribution in [3.8, 4) is 0 Å². The van der Waals surface area contributed by atoms with Crippen LogP contribution in [0.3, 0.4) is 0 Å². The number of rotatable bonds is 25.